The molecule has 2 saturated heterocycles. The van der Waals surface area contributed by atoms with Crippen LogP contribution in [-0.2, 0) is 14.4 Å². The van der Waals surface area contributed by atoms with E-state index >= 15 is 0 Å². The maximum atomic E-state index is 13.2. The highest BCUT2D eigenvalue weighted by Gasteiger charge is 2.59. The predicted molar refractivity (Wildman–Crippen MR) is 106 cm³/mol. The number of nitro groups is 1. The van der Waals surface area contributed by atoms with Gasteiger partial charge in [-0.05, 0) is 36.6 Å². The maximum absolute atomic E-state index is 13.2. The quantitative estimate of drug-likeness (QED) is 0.438. The van der Waals surface area contributed by atoms with E-state index in [1.807, 2.05) is 30.3 Å². The second kappa shape index (κ2) is 7.29. The Kier molecular flexibility index (Phi) is 4.79. The fourth-order valence-electron chi connectivity index (χ4n) is 4.02. The summed E-state index contributed by atoms with van der Waals surface area (Å²) >= 11 is 0. The molecule has 0 saturated carbocycles. The zero-order valence-electron chi connectivity index (χ0n) is 16.1. The molecule has 3 atom stereocenters. The number of hydrogen-bond donors (Lipinski definition) is 0. The Morgan fingerprint density at radius 1 is 1.00 bits per heavy atom. The number of fused-ring (bicyclic) bond motifs is 1. The van der Waals surface area contributed by atoms with Crippen LogP contribution in [0.4, 0.5) is 17.1 Å². The van der Waals surface area contributed by atoms with E-state index < -0.39 is 22.9 Å². The van der Waals surface area contributed by atoms with Gasteiger partial charge in [-0.15, -0.1) is 0 Å². The number of nitrogens with zero attached hydrogens (tertiary/aromatic N) is 3. The molecule has 0 radical (unpaired) electrons. The van der Waals surface area contributed by atoms with Crippen molar-refractivity contribution >= 4 is 28.9 Å². The molecule has 2 aliphatic rings. The molecule has 29 heavy (non-hydrogen) atoms. The Labute approximate surface area is 167 Å². The first-order valence-corrected chi connectivity index (χ1v) is 9.52. The number of hydrogen-bond acceptors (Lipinski definition) is 6. The molecule has 2 fully saturated rings. The number of para-hydroxylation sites is 1. The van der Waals surface area contributed by atoms with Gasteiger partial charge >= 0.3 is 0 Å². The predicted octanol–water partition coefficient (Wildman–Crippen LogP) is 3.32. The Morgan fingerprint density at radius 2 is 1.66 bits per heavy atom. The van der Waals surface area contributed by atoms with Gasteiger partial charge in [-0.2, -0.15) is 0 Å². The van der Waals surface area contributed by atoms with Gasteiger partial charge in [0, 0.05) is 12.1 Å². The lowest BCUT2D eigenvalue weighted by molar-refractivity contribution is -0.384. The third-order valence-electron chi connectivity index (χ3n) is 5.28. The number of nitro benzene ring substituents is 1. The van der Waals surface area contributed by atoms with Crippen LogP contribution in [0.25, 0.3) is 0 Å². The molecule has 0 N–H and O–H groups in total. The molecule has 8 nitrogen and oxygen atoms in total. The molecule has 4 rings (SSSR count). The van der Waals surface area contributed by atoms with E-state index in [-0.39, 0.29) is 17.6 Å². The normalized spacial score (nSPS) is 23.8. The molecule has 0 spiro atoms. The third kappa shape index (κ3) is 3.25. The van der Waals surface area contributed by atoms with Crippen LogP contribution in [0, 0.1) is 22.0 Å². The molecular weight excluding hydrogens is 374 g/mol. The Morgan fingerprint density at radius 3 is 2.24 bits per heavy atom. The molecule has 2 aromatic carbocycles. The fraction of sp³-hybridized carbons (Fsp3) is 0.333. The van der Waals surface area contributed by atoms with Crippen molar-refractivity contribution < 1.29 is 19.3 Å². The van der Waals surface area contributed by atoms with Gasteiger partial charge in [0.1, 0.15) is 0 Å². The van der Waals surface area contributed by atoms with Crippen LogP contribution < -0.4 is 9.96 Å². The third-order valence-corrected chi connectivity index (χ3v) is 5.28. The highest BCUT2D eigenvalue weighted by Crippen LogP contribution is 2.42. The lowest BCUT2D eigenvalue weighted by atomic mass is 9.90. The second-order valence-electron chi connectivity index (χ2n) is 7.70. The van der Waals surface area contributed by atoms with E-state index in [4.69, 9.17) is 4.84 Å². The molecular formula is C21H21N3O5. The maximum Gasteiger partial charge on any atom is 0.269 e. The van der Waals surface area contributed by atoms with Crippen LogP contribution in [0.5, 0.6) is 0 Å². The highest BCUT2D eigenvalue weighted by atomic mass is 16.7. The summed E-state index contributed by atoms with van der Waals surface area (Å²) in [6, 6.07) is 14.6. The number of amides is 2. The van der Waals surface area contributed by atoms with E-state index in [0.29, 0.717) is 18.0 Å². The van der Waals surface area contributed by atoms with E-state index in [1.165, 1.54) is 24.3 Å². The molecule has 2 heterocycles. The van der Waals surface area contributed by atoms with Crippen LogP contribution >= 0.6 is 0 Å². The van der Waals surface area contributed by atoms with Gasteiger partial charge in [0.05, 0.1) is 28.3 Å². The lowest BCUT2D eigenvalue weighted by Crippen LogP contribution is -2.41. The summed E-state index contributed by atoms with van der Waals surface area (Å²) in [5.74, 6) is -1.11. The fourth-order valence-corrected chi connectivity index (χ4v) is 4.02. The van der Waals surface area contributed by atoms with Gasteiger partial charge in [-0.25, -0.2) is 9.96 Å². The Bertz CT molecular complexity index is 945. The summed E-state index contributed by atoms with van der Waals surface area (Å²) < 4.78 is 0. The molecule has 2 aromatic rings. The highest BCUT2D eigenvalue weighted by molar-refractivity contribution is 6.23. The van der Waals surface area contributed by atoms with Crippen LogP contribution in [0.15, 0.2) is 54.6 Å². The summed E-state index contributed by atoms with van der Waals surface area (Å²) in [6.45, 7) is 4.12. The molecule has 0 bridgehead atoms. The number of anilines is 2. The van der Waals surface area contributed by atoms with E-state index in [0.717, 1.165) is 10.6 Å². The van der Waals surface area contributed by atoms with Crippen LogP contribution in [0.1, 0.15) is 20.3 Å². The van der Waals surface area contributed by atoms with E-state index in [2.05, 4.69) is 13.8 Å². The topological polar surface area (TPSA) is 93.0 Å². The largest absolute Gasteiger partial charge is 0.273 e. The number of benzene rings is 2. The molecule has 8 heteroatoms. The Hall–Kier alpha value is -3.26. The van der Waals surface area contributed by atoms with Gasteiger partial charge in [0.25, 0.3) is 11.6 Å². The second-order valence-corrected chi connectivity index (χ2v) is 7.70. The van der Waals surface area contributed by atoms with E-state index in [9.17, 15) is 19.7 Å². The molecule has 0 aliphatic carbocycles. The molecule has 2 amide bonds. The van der Waals surface area contributed by atoms with Gasteiger partial charge in [-0.1, -0.05) is 32.0 Å². The summed E-state index contributed by atoms with van der Waals surface area (Å²) in [4.78, 5) is 43.7. The first kappa shape index (κ1) is 19.1. The minimum Gasteiger partial charge on any atom is -0.273 e. The van der Waals surface area contributed by atoms with Crippen molar-refractivity contribution in [2.24, 2.45) is 11.8 Å². The molecule has 2 aliphatic heterocycles. The lowest BCUT2D eigenvalue weighted by Gasteiger charge is -2.29. The average Bonchev–Trinajstić information content (AvgIpc) is 3.18. The van der Waals surface area contributed by atoms with Crippen LogP contribution in [0.2, 0.25) is 0 Å². The monoisotopic (exact) mass is 395 g/mol. The minimum absolute atomic E-state index is 0.0998. The standard InChI is InChI=1S/C21H21N3O5/c1-13(2)12-17-18-19(29-23(17)15-6-4-3-5-7-15)21(26)22(20(18)25)14-8-10-16(11-9-14)24(27)28/h3-11,13,17-19H,12H2,1-2H3/t17-,18-,19-/m1/s1. The first-order chi connectivity index (χ1) is 13.9. The molecule has 0 unspecified atom stereocenters. The summed E-state index contributed by atoms with van der Waals surface area (Å²) in [5, 5.41) is 12.6. The summed E-state index contributed by atoms with van der Waals surface area (Å²) in [5.41, 5.74) is 1.02. The number of non-ortho nitro benzene ring substituents is 1. The molecule has 150 valence electrons. The zero-order chi connectivity index (χ0) is 20.7. The van der Waals surface area contributed by atoms with Crippen molar-refractivity contribution in [1.29, 1.82) is 0 Å². The van der Waals surface area contributed by atoms with Gasteiger partial charge in [0.15, 0.2) is 6.10 Å². The van der Waals surface area contributed by atoms with Crippen molar-refractivity contribution in [1.82, 2.24) is 0 Å². The smallest absolute Gasteiger partial charge is 0.269 e. The van der Waals surface area contributed by atoms with Gasteiger partial charge < -0.3 is 0 Å². The van der Waals surface area contributed by atoms with Crippen molar-refractivity contribution in [3.05, 3.63) is 64.7 Å². The molecule has 0 aromatic heterocycles. The van der Waals surface area contributed by atoms with Crippen molar-refractivity contribution in [3.8, 4) is 0 Å². The SMILES string of the molecule is CC(C)C[C@@H]1[C@H]2C(=O)N(c3ccc([N+](=O)[O-])cc3)C(=O)[C@@H]2ON1c1ccccc1. The Balaban J connectivity index is 1.66. The zero-order valence-corrected chi connectivity index (χ0v) is 16.1. The van der Waals surface area contributed by atoms with Gasteiger partial charge in [-0.3, -0.25) is 24.5 Å². The van der Waals surface area contributed by atoms with E-state index in [1.54, 1.807) is 5.06 Å². The van der Waals surface area contributed by atoms with Gasteiger partial charge in [0.2, 0.25) is 5.91 Å². The van der Waals surface area contributed by atoms with Crippen molar-refractivity contribution in [3.63, 3.8) is 0 Å². The first-order valence-electron chi connectivity index (χ1n) is 9.52. The van der Waals surface area contributed by atoms with Crippen molar-refractivity contribution in [2.75, 3.05) is 9.96 Å². The number of carbonyl (C=O) groups excluding carboxylic acids is 2. The number of rotatable bonds is 5. The van der Waals surface area contributed by atoms with Crippen LogP contribution in [-0.4, -0.2) is 28.9 Å². The van der Waals surface area contributed by atoms with Crippen LogP contribution in [0.3, 0.4) is 0 Å². The summed E-state index contributed by atoms with van der Waals surface area (Å²) in [7, 11) is 0. The summed E-state index contributed by atoms with van der Waals surface area (Å²) in [6.07, 6.45) is -0.218. The number of imide groups is 1. The number of carbonyl (C=O) groups is 2. The van der Waals surface area contributed by atoms with Crippen molar-refractivity contribution in [2.45, 2.75) is 32.4 Å². The number of hydroxylamine groups is 1. The minimum atomic E-state index is -0.901. The average molecular weight is 395 g/mol.